The van der Waals surface area contributed by atoms with Crippen molar-refractivity contribution in [3.63, 3.8) is 0 Å². The molecule has 108 heavy (non-hydrogen) atoms. The average molecular weight is 1520 g/mol. The van der Waals surface area contributed by atoms with Gasteiger partial charge in [0.05, 0.1) is 32.8 Å². The Hall–Kier alpha value is -10.8. The van der Waals surface area contributed by atoms with Gasteiger partial charge < -0.3 is 30.1 Å². The van der Waals surface area contributed by atoms with Crippen LogP contribution in [-0.4, -0.2) is 45.0 Å². The number of amides is 2. The van der Waals surface area contributed by atoms with Gasteiger partial charge in [0.15, 0.2) is 13.2 Å². The third-order valence-corrected chi connectivity index (χ3v) is 26.9. The summed E-state index contributed by atoms with van der Waals surface area (Å²) in [5.74, 6) is 0.504. The summed E-state index contributed by atoms with van der Waals surface area (Å²) >= 11 is 10.5. The minimum Gasteiger partial charge on any atom is -0.483 e. The molecule has 0 radical (unpaired) electrons. The Labute approximate surface area is 651 Å². The smallest absolute Gasteiger partial charge is 0.262 e. The number of hydrogen-bond donors (Lipinski definition) is 4. The highest BCUT2D eigenvalue weighted by Gasteiger charge is 2.26. The number of aromatic nitrogens is 4. The molecule has 2 aliphatic heterocycles. The zero-order valence-corrected chi connectivity index (χ0v) is 64.6. The third kappa shape index (κ3) is 15.0. The minimum atomic E-state index is -0.273. The molecule has 11 heterocycles. The molecule has 8 bridgehead atoms. The number of aromatic amines is 2. The second-order valence-electron chi connectivity index (χ2n) is 27.0. The molecule has 16 heteroatoms. The molecular weight excluding hydrogens is 1450 g/mol. The molecule has 0 saturated carbocycles. The summed E-state index contributed by atoms with van der Waals surface area (Å²) in [6.07, 6.45) is 20.7. The Morgan fingerprint density at radius 1 is 0.333 bits per heavy atom. The number of ether oxygens (including phenoxy) is 2. The second-order valence-corrected chi connectivity index (χ2v) is 33.7. The standard InChI is InChI=1S/C92H76N6O4S6/c1-3-5-7-15-27-61-33-45-75(103-61)77-47-49-79(105-77)81-51-53-85(107-81)97-83(99)55-101-73-43-31-57-21-17-19-29-63(57)89(73)91-69-39-35-65(93-69)87(59-23-11-9-12-24-59)67-37-41-71(95-67)92(72-42-38-68(96-72)88(60-25-13-10-14-26-60)66-36-40-70(91)94-66)90-64-30-20-18-22-58(64)32-44-74(90)102-56-84(100)98-86-54-52-82(108-86)80-50-48-78(106-80)76-46-34-62(104-76)28-16-8-6-4-2/h9-14,17-26,29-54,93,96H,3-8,15-16,27-28,55-56H2,1-2H3,(H,97,99)(H,98,100). The molecule has 0 saturated heterocycles. The van der Waals surface area contributed by atoms with E-state index >= 15 is 0 Å². The quantitative estimate of drug-likeness (QED) is 0.0399. The van der Waals surface area contributed by atoms with Crippen molar-refractivity contribution in [3.8, 4) is 95.0 Å². The Bertz CT molecular complexity index is 5710. The molecule has 6 aromatic carbocycles. The first-order valence-electron chi connectivity index (χ1n) is 37.0. The number of carbonyl (C=O) groups excluding carboxylic acids is 2. The number of fused-ring (bicyclic) bond motifs is 10. The maximum atomic E-state index is 14.3. The molecule has 2 amide bonds. The van der Waals surface area contributed by atoms with Crippen molar-refractivity contribution in [2.75, 3.05) is 23.8 Å². The van der Waals surface area contributed by atoms with Gasteiger partial charge in [-0.05, 0) is 192 Å². The van der Waals surface area contributed by atoms with E-state index in [9.17, 15) is 9.59 Å². The highest BCUT2D eigenvalue weighted by atomic mass is 32.1. The topological polar surface area (TPSA) is 134 Å². The zero-order valence-electron chi connectivity index (χ0n) is 59.7. The summed E-state index contributed by atoms with van der Waals surface area (Å²) in [6, 6.07) is 79.8. The molecule has 9 aromatic heterocycles. The fourth-order valence-corrected chi connectivity index (χ4v) is 20.8. The van der Waals surface area contributed by atoms with Gasteiger partial charge in [0.1, 0.15) is 11.5 Å². The van der Waals surface area contributed by atoms with Crippen molar-refractivity contribution in [2.45, 2.75) is 78.1 Å². The van der Waals surface area contributed by atoms with E-state index in [-0.39, 0.29) is 25.0 Å². The predicted octanol–water partition coefficient (Wildman–Crippen LogP) is 26.9. The predicted molar refractivity (Wildman–Crippen MR) is 461 cm³/mol. The molecular formula is C92H76N6O4S6. The lowest BCUT2D eigenvalue weighted by atomic mass is 9.95. The molecule has 0 unspecified atom stereocenters. The van der Waals surface area contributed by atoms with E-state index < -0.39 is 0 Å². The van der Waals surface area contributed by atoms with Crippen LogP contribution in [0.25, 0.3) is 151 Å². The van der Waals surface area contributed by atoms with Crippen LogP contribution in [0.1, 0.15) is 97.7 Å². The van der Waals surface area contributed by atoms with Gasteiger partial charge in [-0.3, -0.25) is 9.59 Å². The SMILES string of the molecule is CCCCCCc1ccc(-c2ccc(-c3ccc(NC(=O)COc4ccc5ccccc5c4-c4c5nc(c(-c6ccccc6)c6ccc([nH]6)c(-c6c(OCC(=O)Nc7ccc(-c8ccc(-c9ccc(CCCCCC)s9)s8)s7)ccc7ccccc67)c6nc(c(-c7ccccc7)c7ccc4[nH]7)C=C6)C=C5)s3)s2)s1. The molecule has 0 spiro atoms. The number of nitrogens with zero attached hydrogens (tertiary/aromatic N) is 2. The molecule has 4 N–H and O–H groups in total. The maximum Gasteiger partial charge on any atom is 0.262 e. The second kappa shape index (κ2) is 31.9. The summed E-state index contributed by atoms with van der Waals surface area (Å²) in [4.78, 5) is 60.3. The van der Waals surface area contributed by atoms with Crippen molar-refractivity contribution >= 4 is 158 Å². The summed E-state index contributed by atoms with van der Waals surface area (Å²) < 4.78 is 13.6. The van der Waals surface area contributed by atoms with E-state index in [2.05, 4.69) is 204 Å². The Balaban J connectivity index is 0.733. The normalized spacial score (nSPS) is 11.9. The van der Waals surface area contributed by atoms with Crippen LogP contribution in [0.5, 0.6) is 11.5 Å². The van der Waals surface area contributed by atoms with Gasteiger partial charge in [0.2, 0.25) is 0 Å². The molecule has 2 aliphatic rings. The highest BCUT2D eigenvalue weighted by molar-refractivity contribution is 7.28. The number of thiophene rings is 6. The number of hydrogen-bond acceptors (Lipinski definition) is 12. The van der Waals surface area contributed by atoms with Gasteiger partial charge in [-0.25, -0.2) is 9.97 Å². The fourth-order valence-electron chi connectivity index (χ4n) is 14.5. The summed E-state index contributed by atoms with van der Waals surface area (Å²) in [5, 5.41) is 11.7. The van der Waals surface area contributed by atoms with Crippen molar-refractivity contribution < 1.29 is 19.1 Å². The largest absolute Gasteiger partial charge is 0.483 e. The van der Waals surface area contributed by atoms with Gasteiger partial charge in [-0.1, -0.05) is 174 Å². The number of carbonyl (C=O) groups is 2. The van der Waals surface area contributed by atoms with Crippen LogP contribution in [-0.2, 0) is 22.4 Å². The van der Waals surface area contributed by atoms with Gasteiger partial charge in [-0.2, -0.15) is 0 Å². The van der Waals surface area contributed by atoms with Crippen molar-refractivity contribution in [1.29, 1.82) is 0 Å². The summed E-state index contributed by atoms with van der Waals surface area (Å²) in [7, 11) is 0. The van der Waals surface area contributed by atoms with E-state index in [0.717, 1.165) is 142 Å². The first-order chi connectivity index (χ1) is 53.2. The minimum absolute atomic E-state index is 0.243. The van der Waals surface area contributed by atoms with Crippen molar-refractivity contribution in [3.05, 3.63) is 263 Å². The molecule has 534 valence electrons. The van der Waals surface area contributed by atoms with Crippen LogP contribution in [0, 0.1) is 0 Å². The van der Waals surface area contributed by atoms with E-state index in [4.69, 9.17) is 19.4 Å². The molecule has 0 fully saturated rings. The van der Waals surface area contributed by atoms with Crippen LogP contribution in [0.3, 0.4) is 0 Å². The molecule has 0 aliphatic carbocycles. The molecule has 10 nitrogen and oxygen atoms in total. The van der Waals surface area contributed by atoms with Crippen molar-refractivity contribution in [1.82, 2.24) is 19.9 Å². The summed E-state index contributed by atoms with van der Waals surface area (Å²) in [5.41, 5.74) is 12.8. The average Bonchev–Trinajstić information content (AvgIpc) is 1.46. The number of anilines is 2. The lowest BCUT2D eigenvalue weighted by Gasteiger charge is -2.16. The third-order valence-electron chi connectivity index (χ3n) is 19.7. The van der Waals surface area contributed by atoms with Crippen LogP contribution in [0.2, 0.25) is 0 Å². The van der Waals surface area contributed by atoms with E-state index in [1.165, 1.54) is 80.6 Å². The fraction of sp³-hybridized carbons (Fsp3) is 0.152. The zero-order chi connectivity index (χ0) is 72.9. The van der Waals surface area contributed by atoms with Gasteiger partial charge in [0, 0.05) is 104 Å². The summed E-state index contributed by atoms with van der Waals surface area (Å²) in [6.45, 7) is 4.03. The van der Waals surface area contributed by atoms with E-state index in [1.54, 1.807) is 45.3 Å². The van der Waals surface area contributed by atoms with E-state index in [1.807, 2.05) is 108 Å². The number of H-pyrrole nitrogens is 2. The van der Waals surface area contributed by atoms with Gasteiger partial charge >= 0.3 is 0 Å². The number of nitrogens with one attached hydrogen (secondary N) is 4. The Morgan fingerprint density at radius 2 is 0.685 bits per heavy atom. The lowest BCUT2D eigenvalue weighted by molar-refractivity contribution is -0.118. The monoisotopic (exact) mass is 1520 g/mol. The van der Waals surface area contributed by atoms with Crippen LogP contribution in [0.4, 0.5) is 10.0 Å². The number of aryl methyl sites for hydroxylation is 2. The van der Waals surface area contributed by atoms with Crippen LogP contribution < -0.4 is 20.1 Å². The first kappa shape index (κ1) is 70.2. The highest BCUT2D eigenvalue weighted by Crippen LogP contribution is 2.48. The number of benzene rings is 6. The van der Waals surface area contributed by atoms with Crippen LogP contribution >= 0.6 is 68.0 Å². The van der Waals surface area contributed by atoms with Crippen molar-refractivity contribution in [2.24, 2.45) is 0 Å². The molecule has 0 atom stereocenters. The van der Waals surface area contributed by atoms with Gasteiger partial charge in [-0.15, -0.1) is 68.0 Å². The lowest BCUT2D eigenvalue weighted by Crippen LogP contribution is -2.19. The Kier molecular flexibility index (Phi) is 20.8. The molecule has 15 aromatic rings. The number of unbranched alkanes of at least 4 members (excludes halogenated alkanes) is 6. The Morgan fingerprint density at radius 3 is 1.10 bits per heavy atom. The molecule has 17 rings (SSSR count). The number of rotatable bonds is 26. The van der Waals surface area contributed by atoms with E-state index in [0.29, 0.717) is 22.9 Å². The first-order valence-corrected chi connectivity index (χ1v) is 41.9. The van der Waals surface area contributed by atoms with Gasteiger partial charge in [0.25, 0.3) is 11.8 Å². The van der Waals surface area contributed by atoms with Crippen LogP contribution in [0.15, 0.2) is 231 Å². The maximum absolute atomic E-state index is 14.3.